The molecule has 1 aromatic carbocycles. The minimum atomic E-state index is -0.357. The summed E-state index contributed by atoms with van der Waals surface area (Å²) in [6, 6.07) is 17.4. The molecular weight excluding hydrogens is 350 g/mol. The molecule has 0 unspecified atom stereocenters. The highest BCUT2D eigenvalue weighted by atomic mass is 16.5. The van der Waals surface area contributed by atoms with Crippen LogP contribution in [0.5, 0.6) is 0 Å². The Hall–Kier alpha value is -3.73. The summed E-state index contributed by atoms with van der Waals surface area (Å²) in [7, 11) is 0. The van der Waals surface area contributed by atoms with Gasteiger partial charge in [0.25, 0.3) is 0 Å². The Labute approximate surface area is 163 Å². The molecular formula is C23H19N3O2. The number of rotatable bonds is 5. The van der Waals surface area contributed by atoms with Crippen LogP contribution >= 0.6 is 0 Å². The third kappa shape index (κ3) is 3.30. The van der Waals surface area contributed by atoms with Crippen molar-refractivity contribution >= 4 is 5.97 Å². The Kier molecular flexibility index (Phi) is 4.97. The number of ether oxygens (including phenoxy) is 1. The summed E-state index contributed by atoms with van der Waals surface area (Å²) >= 11 is 0. The van der Waals surface area contributed by atoms with E-state index in [0.29, 0.717) is 17.9 Å². The number of H-pyrrole nitrogens is 1. The number of carbonyl (C=O) groups is 1. The smallest absolute Gasteiger partial charge is 0.340 e. The van der Waals surface area contributed by atoms with E-state index in [-0.39, 0.29) is 5.97 Å². The fourth-order valence-electron chi connectivity index (χ4n) is 3.27. The first kappa shape index (κ1) is 17.7. The molecule has 3 aromatic heterocycles. The van der Waals surface area contributed by atoms with Gasteiger partial charge in [-0.05, 0) is 36.8 Å². The summed E-state index contributed by atoms with van der Waals surface area (Å²) in [5.41, 5.74) is 5.65. The Balaban J connectivity index is 2.05. The molecule has 28 heavy (non-hydrogen) atoms. The number of aromatic nitrogens is 3. The summed E-state index contributed by atoms with van der Waals surface area (Å²) in [6.45, 7) is 2.11. The zero-order chi connectivity index (χ0) is 19.3. The lowest BCUT2D eigenvalue weighted by molar-refractivity contribution is 0.0528. The number of hydrogen-bond acceptors (Lipinski definition) is 4. The zero-order valence-corrected chi connectivity index (χ0v) is 15.4. The van der Waals surface area contributed by atoms with Gasteiger partial charge in [0.2, 0.25) is 0 Å². The highest BCUT2D eigenvalue weighted by Gasteiger charge is 2.26. The van der Waals surface area contributed by atoms with Crippen molar-refractivity contribution in [3.63, 3.8) is 0 Å². The minimum Gasteiger partial charge on any atom is -0.462 e. The molecule has 5 nitrogen and oxygen atoms in total. The SMILES string of the molecule is CCOC(=O)c1c(-c2ccncc2)[nH]c(-c2ccncc2)c1-c1ccccc1. The van der Waals surface area contributed by atoms with Crippen molar-refractivity contribution in [2.45, 2.75) is 6.92 Å². The fourth-order valence-corrected chi connectivity index (χ4v) is 3.27. The molecule has 0 atom stereocenters. The van der Waals surface area contributed by atoms with E-state index in [4.69, 9.17) is 4.74 Å². The molecule has 138 valence electrons. The van der Waals surface area contributed by atoms with E-state index in [0.717, 1.165) is 27.9 Å². The van der Waals surface area contributed by atoms with E-state index >= 15 is 0 Å². The van der Waals surface area contributed by atoms with Gasteiger partial charge in [-0.2, -0.15) is 0 Å². The Morgan fingerprint density at radius 1 is 0.821 bits per heavy atom. The van der Waals surface area contributed by atoms with Crippen molar-refractivity contribution in [2.75, 3.05) is 6.61 Å². The Morgan fingerprint density at radius 2 is 1.39 bits per heavy atom. The highest BCUT2D eigenvalue weighted by molar-refractivity contribution is 6.07. The van der Waals surface area contributed by atoms with E-state index in [1.807, 2.05) is 61.5 Å². The molecule has 0 saturated carbocycles. The molecule has 0 spiro atoms. The number of aromatic amines is 1. The molecule has 0 aliphatic heterocycles. The van der Waals surface area contributed by atoms with E-state index in [9.17, 15) is 4.79 Å². The first-order valence-corrected chi connectivity index (χ1v) is 9.09. The lowest BCUT2D eigenvalue weighted by Crippen LogP contribution is -2.06. The number of benzene rings is 1. The van der Waals surface area contributed by atoms with Gasteiger partial charge in [-0.3, -0.25) is 9.97 Å². The van der Waals surface area contributed by atoms with Crippen LogP contribution < -0.4 is 0 Å². The number of nitrogens with one attached hydrogen (secondary N) is 1. The molecule has 4 aromatic rings. The molecule has 0 fully saturated rings. The molecule has 0 aliphatic carbocycles. The van der Waals surface area contributed by atoms with Crippen molar-refractivity contribution in [2.24, 2.45) is 0 Å². The minimum absolute atomic E-state index is 0.304. The molecule has 0 amide bonds. The molecule has 5 heteroatoms. The van der Waals surface area contributed by atoms with Crippen LogP contribution in [-0.2, 0) is 4.74 Å². The predicted octanol–water partition coefficient (Wildman–Crippen LogP) is 4.98. The van der Waals surface area contributed by atoms with Crippen molar-refractivity contribution in [3.05, 3.63) is 84.9 Å². The third-order valence-corrected chi connectivity index (χ3v) is 4.48. The van der Waals surface area contributed by atoms with Gasteiger partial charge in [0, 0.05) is 41.5 Å². The summed E-state index contributed by atoms with van der Waals surface area (Å²) in [5.74, 6) is -0.357. The van der Waals surface area contributed by atoms with Crippen molar-refractivity contribution in [1.29, 1.82) is 0 Å². The summed E-state index contributed by atoms with van der Waals surface area (Å²) in [5, 5.41) is 0. The van der Waals surface area contributed by atoms with Gasteiger partial charge in [0.05, 0.1) is 23.6 Å². The largest absolute Gasteiger partial charge is 0.462 e. The lowest BCUT2D eigenvalue weighted by atomic mass is 9.96. The second kappa shape index (κ2) is 7.88. The van der Waals surface area contributed by atoms with Gasteiger partial charge in [-0.1, -0.05) is 30.3 Å². The maximum atomic E-state index is 13.0. The third-order valence-electron chi connectivity index (χ3n) is 4.48. The summed E-state index contributed by atoms with van der Waals surface area (Å²) < 4.78 is 5.41. The van der Waals surface area contributed by atoms with Crippen LogP contribution in [0.4, 0.5) is 0 Å². The molecule has 0 radical (unpaired) electrons. The van der Waals surface area contributed by atoms with Gasteiger partial charge >= 0.3 is 5.97 Å². The number of carbonyl (C=O) groups excluding carboxylic acids is 1. The second-order valence-corrected chi connectivity index (χ2v) is 6.18. The van der Waals surface area contributed by atoms with E-state index in [1.54, 1.807) is 24.8 Å². The first-order valence-electron chi connectivity index (χ1n) is 9.09. The fraction of sp³-hybridized carbons (Fsp3) is 0.0870. The molecule has 3 heterocycles. The monoisotopic (exact) mass is 369 g/mol. The van der Waals surface area contributed by atoms with Gasteiger partial charge in [0.15, 0.2) is 0 Å². The van der Waals surface area contributed by atoms with Crippen LogP contribution in [0.3, 0.4) is 0 Å². The van der Waals surface area contributed by atoms with Crippen LogP contribution in [0.15, 0.2) is 79.4 Å². The van der Waals surface area contributed by atoms with Crippen LogP contribution in [0.2, 0.25) is 0 Å². The van der Waals surface area contributed by atoms with Gasteiger partial charge in [0.1, 0.15) is 0 Å². The standard InChI is InChI=1S/C23H19N3O2/c1-2-28-23(27)20-19(16-6-4-3-5-7-16)21(17-8-12-24-13-9-17)26-22(20)18-10-14-25-15-11-18/h3-15,26H,2H2,1H3. The van der Waals surface area contributed by atoms with Crippen molar-refractivity contribution in [3.8, 4) is 33.6 Å². The Bertz CT molecular complexity index is 1080. The van der Waals surface area contributed by atoms with Crippen molar-refractivity contribution < 1.29 is 9.53 Å². The first-order chi connectivity index (χ1) is 13.8. The lowest BCUT2D eigenvalue weighted by Gasteiger charge is -2.09. The Morgan fingerprint density at radius 3 is 1.96 bits per heavy atom. The quantitative estimate of drug-likeness (QED) is 0.504. The van der Waals surface area contributed by atoms with Crippen LogP contribution in [0.25, 0.3) is 33.6 Å². The van der Waals surface area contributed by atoms with E-state index in [1.165, 1.54) is 0 Å². The number of nitrogens with zero attached hydrogens (tertiary/aromatic N) is 2. The van der Waals surface area contributed by atoms with Gasteiger partial charge in [-0.15, -0.1) is 0 Å². The average molecular weight is 369 g/mol. The second-order valence-electron chi connectivity index (χ2n) is 6.18. The highest BCUT2D eigenvalue weighted by Crippen LogP contribution is 2.40. The summed E-state index contributed by atoms with van der Waals surface area (Å²) in [4.78, 5) is 24.7. The maximum absolute atomic E-state index is 13.0. The molecule has 0 bridgehead atoms. The van der Waals surface area contributed by atoms with Crippen LogP contribution in [0, 0.1) is 0 Å². The summed E-state index contributed by atoms with van der Waals surface area (Å²) in [6.07, 6.45) is 6.89. The average Bonchev–Trinajstić information content (AvgIpc) is 3.17. The number of pyridine rings is 2. The van der Waals surface area contributed by atoms with E-state index in [2.05, 4.69) is 15.0 Å². The molecule has 0 saturated heterocycles. The van der Waals surface area contributed by atoms with Crippen LogP contribution in [-0.4, -0.2) is 27.5 Å². The molecule has 4 rings (SSSR count). The maximum Gasteiger partial charge on any atom is 0.340 e. The molecule has 1 N–H and O–H groups in total. The van der Waals surface area contributed by atoms with E-state index < -0.39 is 0 Å². The normalized spacial score (nSPS) is 10.6. The molecule has 0 aliphatic rings. The number of esters is 1. The number of hydrogen-bond donors (Lipinski definition) is 1. The van der Waals surface area contributed by atoms with Gasteiger partial charge in [-0.25, -0.2) is 4.79 Å². The van der Waals surface area contributed by atoms with Gasteiger partial charge < -0.3 is 9.72 Å². The predicted molar refractivity (Wildman–Crippen MR) is 109 cm³/mol. The zero-order valence-electron chi connectivity index (χ0n) is 15.4. The van der Waals surface area contributed by atoms with Crippen molar-refractivity contribution in [1.82, 2.24) is 15.0 Å². The topological polar surface area (TPSA) is 67.9 Å². The van der Waals surface area contributed by atoms with Crippen LogP contribution in [0.1, 0.15) is 17.3 Å².